The summed E-state index contributed by atoms with van der Waals surface area (Å²) in [5, 5.41) is 0. The molecule has 0 heterocycles. The molecule has 0 bridgehead atoms. The van der Waals surface area contributed by atoms with E-state index in [4.69, 9.17) is 15.2 Å². The van der Waals surface area contributed by atoms with Crippen LogP contribution >= 0.6 is 0 Å². The van der Waals surface area contributed by atoms with E-state index in [9.17, 15) is 4.39 Å². The third-order valence-corrected chi connectivity index (χ3v) is 2.82. The van der Waals surface area contributed by atoms with Gasteiger partial charge >= 0.3 is 0 Å². The summed E-state index contributed by atoms with van der Waals surface area (Å²) in [4.78, 5) is 0. The molecule has 0 amide bonds. The third kappa shape index (κ3) is 3.27. The second kappa shape index (κ2) is 6.39. The number of para-hydroxylation sites is 1. The highest BCUT2D eigenvalue weighted by atomic mass is 19.1. The lowest BCUT2D eigenvalue weighted by atomic mass is 10.1. The van der Waals surface area contributed by atoms with Gasteiger partial charge in [0.15, 0.2) is 11.6 Å². The van der Waals surface area contributed by atoms with Gasteiger partial charge in [0.2, 0.25) is 0 Å². The van der Waals surface area contributed by atoms with Gasteiger partial charge in [0, 0.05) is 17.7 Å². The van der Waals surface area contributed by atoms with E-state index in [0.29, 0.717) is 23.7 Å². The van der Waals surface area contributed by atoms with Gasteiger partial charge in [-0.1, -0.05) is 18.2 Å². The lowest BCUT2D eigenvalue weighted by Crippen LogP contribution is -2.07. The van der Waals surface area contributed by atoms with Crippen molar-refractivity contribution in [1.29, 1.82) is 0 Å². The van der Waals surface area contributed by atoms with Crippen molar-refractivity contribution in [3.63, 3.8) is 0 Å². The summed E-state index contributed by atoms with van der Waals surface area (Å²) in [7, 11) is 0. The summed E-state index contributed by atoms with van der Waals surface area (Å²) in [5.74, 6) is 0.935. The molecule has 2 aromatic carbocycles. The van der Waals surface area contributed by atoms with Crippen LogP contribution in [0.3, 0.4) is 0 Å². The Balaban J connectivity index is 2.32. The molecule has 106 valence electrons. The van der Waals surface area contributed by atoms with Crippen LogP contribution in [0.2, 0.25) is 0 Å². The van der Waals surface area contributed by atoms with Crippen molar-refractivity contribution in [3.8, 4) is 17.2 Å². The molecule has 2 N–H and O–H groups in total. The van der Waals surface area contributed by atoms with E-state index in [1.807, 2.05) is 13.0 Å². The second-order valence-electron chi connectivity index (χ2n) is 4.46. The van der Waals surface area contributed by atoms with Crippen LogP contribution < -0.4 is 15.2 Å². The van der Waals surface area contributed by atoms with Crippen LogP contribution in [-0.4, -0.2) is 6.61 Å². The molecular formula is C16H18FNO2. The SMILES string of the molecule is CCOc1cccc(Oc2c(F)cccc2C(C)N)c1. The predicted octanol–water partition coefficient (Wildman–Crippen LogP) is 4.04. The van der Waals surface area contributed by atoms with Crippen LogP contribution in [0.15, 0.2) is 42.5 Å². The zero-order chi connectivity index (χ0) is 14.5. The standard InChI is InChI=1S/C16H18FNO2/c1-3-19-12-6-4-7-13(10-12)20-16-14(11(2)18)8-5-9-15(16)17/h4-11H,3,18H2,1-2H3. The fraction of sp³-hybridized carbons (Fsp3) is 0.250. The first-order chi connectivity index (χ1) is 9.61. The highest BCUT2D eigenvalue weighted by molar-refractivity contribution is 5.42. The van der Waals surface area contributed by atoms with Gasteiger partial charge < -0.3 is 15.2 Å². The minimum absolute atomic E-state index is 0.163. The maximum atomic E-state index is 13.9. The van der Waals surface area contributed by atoms with Gasteiger partial charge in [-0.2, -0.15) is 0 Å². The number of rotatable bonds is 5. The van der Waals surface area contributed by atoms with E-state index < -0.39 is 5.82 Å². The molecule has 0 aliphatic rings. The Morgan fingerprint density at radius 1 is 1.15 bits per heavy atom. The largest absolute Gasteiger partial charge is 0.494 e. The Morgan fingerprint density at radius 2 is 1.85 bits per heavy atom. The molecule has 3 nitrogen and oxygen atoms in total. The fourth-order valence-electron chi connectivity index (χ4n) is 1.90. The van der Waals surface area contributed by atoms with E-state index >= 15 is 0 Å². The molecule has 4 heteroatoms. The molecule has 0 aliphatic heterocycles. The first kappa shape index (κ1) is 14.3. The molecular weight excluding hydrogens is 257 g/mol. The topological polar surface area (TPSA) is 44.5 Å². The van der Waals surface area contributed by atoms with Crippen LogP contribution in [0.5, 0.6) is 17.2 Å². The summed E-state index contributed by atoms with van der Waals surface area (Å²) in [6.45, 7) is 4.26. The van der Waals surface area contributed by atoms with Crippen molar-refractivity contribution in [1.82, 2.24) is 0 Å². The molecule has 1 unspecified atom stereocenters. The maximum absolute atomic E-state index is 13.9. The second-order valence-corrected chi connectivity index (χ2v) is 4.46. The van der Waals surface area contributed by atoms with E-state index in [1.165, 1.54) is 6.07 Å². The fourth-order valence-corrected chi connectivity index (χ4v) is 1.90. The maximum Gasteiger partial charge on any atom is 0.167 e. The van der Waals surface area contributed by atoms with Gasteiger partial charge in [0.05, 0.1) is 6.61 Å². The molecule has 20 heavy (non-hydrogen) atoms. The molecule has 0 saturated carbocycles. The first-order valence-electron chi connectivity index (χ1n) is 6.56. The van der Waals surface area contributed by atoms with E-state index in [1.54, 1.807) is 37.3 Å². The minimum atomic E-state index is -0.429. The lowest BCUT2D eigenvalue weighted by molar-refractivity contribution is 0.337. The van der Waals surface area contributed by atoms with Gasteiger partial charge in [-0.25, -0.2) is 4.39 Å². The van der Waals surface area contributed by atoms with Gasteiger partial charge in [-0.05, 0) is 32.0 Å². The van der Waals surface area contributed by atoms with Gasteiger partial charge in [-0.15, -0.1) is 0 Å². The summed E-state index contributed by atoms with van der Waals surface area (Å²) in [6, 6.07) is 11.5. The lowest BCUT2D eigenvalue weighted by Gasteiger charge is -2.15. The Hall–Kier alpha value is -2.07. The highest BCUT2D eigenvalue weighted by Gasteiger charge is 2.14. The third-order valence-electron chi connectivity index (χ3n) is 2.82. The van der Waals surface area contributed by atoms with Crippen molar-refractivity contribution in [2.75, 3.05) is 6.61 Å². The van der Waals surface area contributed by atoms with Gasteiger partial charge in [0.25, 0.3) is 0 Å². The summed E-state index contributed by atoms with van der Waals surface area (Å²) < 4.78 is 25.0. The molecule has 0 saturated heterocycles. The zero-order valence-corrected chi connectivity index (χ0v) is 11.6. The van der Waals surface area contributed by atoms with Crippen molar-refractivity contribution in [3.05, 3.63) is 53.8 Å². The molecule has 2 rings (SSSR count). The number of nitrogens with two attached hydrogens (primary N) is 1. The Morgan fingerprint density at radius 3 is 2.55 bits per heavy atom. The number of hydrogen-bond acceptors (Lipinski definition) is 3. The van der Waals surface area contributed by atoms with Crippen LogP contribution in [0.25, 0.3) is 0 Å². The number of halogens is 1. The van der Waals surface area contributed by atoms with Crippen LogP contribution in [0.4, 0.5) is 4.39 Å². The first-order valence-corrected chi connectivity index (χ1v) is 6.56. The quantitative estimate of drug-likeness (QED) is 0.895. The average molecular weight is 275 g/mol. The van der Waals surface area contributed by atoms with Crippen molar-refractivity contribution in [2.24, 2.45) is 5.73 Å². The van der Waals surface area contributed by atoms with Crippen LogP contribution in [-0.2, 0) is 0 Å². The molecule has 0 spiro atoms. The Kier molecular flexibility index (Phi) is 4.58. The minimum Gasteiger partial charge on any atom is -0.494 e. The molecule has 1 atom stereocenters. The Labute approximate surface area is 118 Å². The monoisotopic (exact) mass is 275 g/mol. The highest BCUT2D eigenvalue weighted by Crippen LogP contribution is 2.32. The normalized spacial score (nSPS) is 12.0. The van der Waals surface area contributed by atoms with E-state index in [2.05, 4.69) is 0 Å². The number of benzene rings is 2. The van der Waals surface area contributed by atoms with Crippen molar-refractivity contribution >= 4 is 0 Å². The summed E-state index contributed by atoms with van der Waals surface area (Å²) >= 11 is 0. The number of ether oxygens (including phenoxy) is 2. The summed E-state index contributed by atoms with van der Waals surface area (Å²) in [5.41, 5.74) is 6.47. The predicted molar refractivity (Wildman–Crippen MR) is 76.7 cm³/mol. The molecule has 0 aromatic heterocycles. The van der Waals surface area contributed by atoms with E-state index in [-0.39, 0.29) is 11.8 Å². The molecule has 0 aliphatic carbocycles. The van der Waals surface area contributed by atoms with Crippen LogP contribution in [0.1, 0.15) is 25.5 Å². The smallest absolute Gasteiger partial charge is 0.167 e. The van der Waals surface area contributed by atoms with Crippen molar-refractivity contribution < 1.29 is 13.9 Å². The number of hydrogen-bond donors (Lipinski definition) is 1. The molecule has 2 aromatic rings. The van der Waals surface area contributed by atoms with Gasteiger partial charge in [-0.3, -0.25) is 0 Å². The average Bonchev–Trinajstić information content (AvgIpc) is 2.41. The zero-order valence-electron chi connectivity index (χ0n) is 11.6. The van der Waals surface area contributed by atoms with E-state index in [0.717, 1.165) is 0 Å². The van der Waals surface area contributed by atoms with Crippen molar-refractivity contribution in [2.45, 2.75) is 19.9 Å². The van der Waals surface area contributed by atoms with Crippen LogP contribution in [0, 0.1) is 5.82 Å². The summed E-state index contributed by atoms with van der Waals surface area (Å²) in [6.07, 6.45) is 0. The van der Waals surface area contributed by atoms with Gasteiger partial charge in [0.1, 0.15) is 11.5 Å². The molecule has 0 fully saturated rings. The molecule has 0 radical (unpaired) electrons. The Bertz CT molecular complexity index is 584.